The van der Waals surface area contributed by atoms with Crippen molar-refractivity contribution in [1.29, 1.82) is 0 Å². The number of rotatable bonds is 10. The van der Waals surface area contributed by atoms with Crippen LogP contribution >= 0.6 is 0 Å². The molecular weight excluding hydrogens is 230 g/mol. The molecule has 5 nitrogen and oxygen atoms in total. The fraction of sp³-hybridized carbons (Fsp3) is 0.923. The summed E-state index contributed by atoms with van der Waals surface area (Å²) in [5, 5.41) is 3.17. The first-order valence-corrected chi connectivity index (χ1v) is 6.80. The number of ether oxygens (including phenoxy) is 1. The molecule has 106 valence electrons. The Bertz CT molecular complexity index is 255. The van der Waals surface area contributed by atoms with E-state index in [1.807, 2.05) is 20.9 Å². The minimum atomic E-state index is -0.297. The van der Waals surface area contributed by atoms with Crippen molar-refractivity contribution in [3.05, 3.63) is 0 Å². The van der Waals surface area contributed by atoms with Gasteiger partial charge in [0.05, 0.1) is 12.6 Å². The Labute approximate surface area is 110 Å². The lowest BCUT2D eigenvalue weighted by Crippen LogP contribution is -2.51. The van der Waals surface area contributed by atoms with Gasteiger partial charge < -0.3 is 20.7 Å². The zero-order chi connectivity index (χ0) is 13.5. The van der Waals surface area contributed by atoms with Gasteiger partial charge in [0.1, 0.15) is 0 Å². The quantitative estimate of drug-likeness (QED) is 0.549. The second-order valence-electron chi connectivity index (χ2n) is 5.56. The predicted octanol–water partition coefficient (Wildman–Crippen LogP) is 0.197. The molecule has 0 spiro atoms. The monoisotopic (exact) mass is 257 g/mol. The number of nitrogens with zero attached hydrogens (tertiary/aromatic N) is 1. The van der Waals surface area contributed by atoms with Crippen LogP contribution in [0, 0.1) is 5.92 Å². The van der Waals surface area contributed by atoms with E-state index in [2.05, 4.69) is 10.2 Å². The molecule has 3 N–H and O–H groups in total. The van der Waals surface area contributed by atoms with Crippen molar-refractivity contribution >= 4 is 5.91 Å². The summed E-state index contributed by atoms with van der Waals surface area (Å²) in [6, 6.07) is -0.0413. The van der Waals surface area contributed by atoms with Crippen LogP contribution in [-0.4, -0.2) is 56.2 Å². The van der Waals surface area contributed by atoms with Crippen LogP contribution in [0.5, 0.6) is 0 Å². The van der Waals surface area contributed by atoms with Gasteiger partial charge >= 0.3 is 0 Å². The molecule has 1 aliphatic rings. The predicted molar refractivity (Wildman–Crippen MR) is 72.3 cm³/mol. The molecule has 5 heteroatoms. The maximum Gasteiger partial charge on any atom is 0.235 e. The van der Waals surface area contributed by atoms with E-state index >= 15 is 0 Å². The topological polar surface area (TPSA) is 67.6 Å². The molecule has 1 saturated carbocycles. The van der Waals surface area contributed by atoms with Crippen molar-refractivity contribution < 1.29 is 9.53 Å². The van der Waals surface area contributed by atoms with Gasteiger partial charge in [-0.25, -0.2) is 0 Å². The number of hydrogen-bond donors (Lipinski definition) is 2. The molecule has 0 aromatic carbocycles. The van der Waals surface area contributed by atoms with Gasteiger partial charge in [-0.3, -0.25) is 4.79 Å². The van der Waals surface area contributed by atoms with E-state index in [-0.39, 0.29) is 18.0 Å². The number of hydrogen-bond acceptors (Lipinski definition) is 4. The molecule has 1 amide bonds. The maximum absolute atomic E-state index is 11.3. The molecule has 1 rings (SSSR count). The van der Waals surface area contributed by atoms with Gasteiger partial charge in [-0.2, -0.15) is 0 Å². The average Bonchev–Trinajstić information content (AvgIpc) is 3.06. The summed E-state index contributed by atoms with van der Waals surface area (Å²) in [6.07, 6.45) is 2.63. The first-order chi connectivity index (χ1) is 8.49. The molecule has 18 heavy (non-hydrogen) atoms. The molecule has 0 aromatic heterocycles. The van der Waals surface area contributed by atoms with Crippen LogP contribution in [0.2, 0.25) is 0 Å². The molecule has 1 atom stereocenters. The lowest BCUT2D eigenvalue weighted by atomic mass is 10.2. The minimum absolute atomic E-state index is 0.252. The molecule has 0 heterocycles. The SMILES string of the molecule is CC(C)NC(CN(C)CCOCC1CC1)C(N)=O. The third-order valence-corrected chi connectivity index (χ3v) is 3.04. The summed E-state index contributed by atoms with van der Waals surface area (Å²) < 4.78 is 5.57. The number of likely N-dealkylation sites (N-methyl/N-ethyl adjacent to an activating group) is 1. The summed E-state index contributed by atoms with van der Waals surface area (Å²) in [5.41, 5.74) is 5.38. The van der Waals surface area contributed by atoms with Crippen LogP contribution in [0.3, 0.4) is 0 Å². The highest BCUT2D eigenvalue weighted by molar-refractivity contribution is 5.80. The smallest absolute Gasteiger partial charge is 0.235 e. The van der Waals surface area contributed by atoms with Crippen molar-refractivity contribution in [3.8, 4) is 0 Å². The van der Waals surface area contributed by atoms with Crippen molar-refractivity contribution in [2.24, 2.45) is 11.7 Å². The van der Waals surface area contributed by atoms with E-state index in [0.29, 0.717) is 6.54 Å². The normalized spacial score (nSPS) is 17.4. The highest BCUT2D eigenvalue weighted by atomic mass is 16.5. The lowest BCUT2D eigenvalue weighted by Gasteiger charge is -2.24. The summed E-state index contributed by atoms with van der Waals surface area (Å²) in [4.78, 5) is 13.4. The number of nitrogens with two attached hydrogens (primary N) is 1. The standard InChI is InChI=1S/C13H27N3O2/c1-10(2)15-12(13(14)17)8-16(3)6-7-18-9-11-4-5-11/h10-12,15H,4-9H2,1-3H3,(H2,14,17). The third kappa shape index (κ3) is 6.93. The molecule has 0 aliphatic heterocycles. The zero-order valence-electron chi connectivity index (χ0n) is 11.8. The molecule has 0 saturated heterocycles. The van der Waals surface area contributed by atoms with E-state index < -0.39 is 0 Å². The minimum Gasteiger partial charge on any atom is -0.380 e. The summed E-state index contributed by atoms with van der Waals surface area (Å²) >= 11 is 0. The summed E-state index contributed by atoms with van der Waals surface area (Å²) in [7, 11) is 1.98. The average molecular weight is 257 g/mol. The highest BCUT2D eigenvalue weighted by Crippen LogP contribution is 2.28. The van der Waals surface area contributed by atoms with Crippen molar-refractivity contribution in [2.75, 3.05) is 33.4 Å². The molecule has 0 aromatic rings. The summed E-state index contributed by atoms with van der Waals surface area (Å²) in [6.45, 7) is 7.08. The maximum atomic E-state index is 11.3. The van der Waals surface area contributed by atoms with Gasteiger partial charge in [-0.15, -0.1) is 0 Å². The van der Waals surface area contributed by atoms with E-state index in [4.69, 9.17) is 10.5 Å². The largest absolute Gasteiger partial charge is 0.380 e. The second kappa shape index (κ2) is 7.71. The fourth-order valence-electron chi connectivity index (χ4n) is 1.79. The Kier molecular flexibility index (Phi) is 6.60. The number of nitrogens with one attached hydrogen (secondary N) is 1. The van der Waals surface area contributed by atoms with Crippen LogP contribution in [-0.2, 0) is 9.53 Å². The van der Waals surface area contributed by atoms with Crippen LogP contribution < -0.4 is 11.1 Å². The molecule has 0 radical (unpaired) electrons. The van der Waals surface area contributed by atoms with E-state index in [9.17, 15) is 4.79 Å². The Hall–Kier alpha value is -0.650. The third-order valence-electron chi connectivity index (χ3n) is 3.04. The molecule has 1 unspecified atom stereocenters. The first-order valence-electron chi connectivity index (χ1n) is 6.80. The Balaban J connectivity index is 2.13. The van der Waals surface area contributed by atoms with Crippen molar-refractivity contribution in [1.82, 2.24) is 10.2 Å². The molecule has 1 fully saturated rings. The van der Waals surface area contributed by atoms with Crippen molar-refractivity contribution in [2.45, 2.75) is 38.8 Å². The number of primary amides is 1. The second-order valence-corrected chi connectivity index (χ2v) is 5.56. The van der Waals surface area contributed by atoms with Gasteiger partial charge in [0, 0.05) is 25.7 Å². The van der Waals surface area contributed by atoms with Gasteiger partial charge in [0.15, 0.2) is 0 Å². The number of amides is 1. The number of carbonyl (C=O) groups excluding carboxylic acids is 1. The van der Waals surface area contributed by atoms with Crippen LogP contribution in [0.4, 0.5) is 0 Å². The van der Waals surface area contributed by atoms with Gasteiger partial charge in [0.25, 0.3) is 0 Å². The van der Waals surface area contributed by atoms with Crippen LogP contribution in [0.1, 0.15) is 26.7 Å². The lowest BCUT2D eigenvalue weighted by molar-refractivity contribution is -0.120. The highest BCUT2D eigenvalue weighted by Gasteiger charge is 2.21. The van der Waals surface area contributed by atoms with Gasteiger partial charge in [0.2, 0.25) is 5.91 Å². The van der Waals surface area contributed by atoms with E-state index in [1.54, 1.807) is 0 Å². The fourth-order valence-corrected chi connectivity index (χ4v) is 1.79. The van der Waals surface area contributed by atoms with E-state index in [1.165, 1.54) is 12.8 Å². The molecule has 1 aliphatic carbocycles. The zero-order valence-corrected chi connectivity index (χ0v) is 11.8. The number of carbonyl (C=O) groups is 1. The van der Waals surface area contributed by atoms with E-state index in [0.717, 1.165) is 25.7 Å². The van der Waals surface area contributed by atoms with Crippen LogP contribution in [0.15, 0.2) is 0 Å². The Morgan fingerprint density at radius 1 is 1.50 bits per heavy atom. The molecular formula is C13H27N3O2. The Morgan fingerprint density at radius 3 is 2.67 bits per heavy atom. The van der Waals surface area contributed by atoms with Gasteiger partial charge in [-0.05, 0) is 25.8 Å². The Morgan fingerprint density at radius 2 is 2.17 bits per heavy atom. The van der Waals surface area contributed by atoms with Gasteiger partial charge in [-0.1, -0.05) is 13.8 Å². The van der Waals surface area contributed by atoms with Crippen LogP contribution in [0.25, 0.3) is 0 Å². The molecule has 0 bridgehead atoms. The van der Waals surface area contributed by atoms with Crippen molar-refractivity contribution in [3.63, 3.8) is 0 Å². The summed E-state index contributed by atoms with van der Waals surface area (Å²) in [5.74, 6) is 0.505. The first kappa shape index (κ1) is 15.4.